The highest BCUT2D eigenvalue weighted by Gasteiger charge is 2.20. The minimum atomic E-state index is -0.559. The van der Waals surface area contributed by atoms with E-state index in [0.29, 0.717) is 11.0 Å². The van der Waals surface area contributed by atoms with Crippen molar-refractivity contribution in [2.24, 2.45) is 0 Å². The molecule has 1 heterocycles. The van der Waals surface area contributed by atoms with Gasteiger partial charge in [-0.15, -0.1) is 0 Å². The number of nitrogens with one attached hydrogen (secondary N) is 1. The van der Waals surface area contributed by atoms with Crippen LogP contribution in [-0.4, -0.2) is 28.2 Å². The molecule has 0 bridgehead atoms. The van der Waals surface area contributed by atoms with Crippen LogP contribution in [0.5, 0.6) is 11.6 Å². The molecule has 2 aromatic rings. The van der Waals surface area contributed by atoms with Gasteiger partial charge in [0.15, 0.2) is 5.16 Å². The second kappa shape index (κ2) is 6.59. The van der Waals surface area contributed by atoms with Gasteiger partial charge in [-0.1, -0.05) is 29.4 Å². The minimum Gasteiger partial charge on any atom is -0.430 e. The molecule has 1 aromatic carbocycles. The van der Waals surface area contributed by atoms with Crippen molar-refractivity contribution in [2.45, 2.75) is 5.16 Å². The van der Waals surface area contributed by atoms with Crippen LogP contribution in [0.15, 0.2) is 29.4 Å². The van der Waals surface area contributed by atoms with Gasteiger partial charge in [0.1, 0.15) is 5.82 Å². The predicted octanol–water partition coefficient (Wildman–Crippen LogP) is 3.59. The van der Waals surface area contributed by atoms with E-state index in [1.165, 1.54) is 36.0 Å². The molecule has 110 valence electrons. The lowest BCUT2D eigenvalue weighted by Crippen LogP contribution is -2.00. The first-order chi connectivity index (χ1) is 10.0. The summed E-state index contributed by atoms with van der Waals surface area (Å²) in [4.78, 5) is 18.8. The van der Waals surface area contributed by atoms with Crippen LogP contribution in [0.3, 0.4) is 0 Å². The van der Waals surface area contributed by atoms with Crippen LogP contribution in [0.2, 0.25) is 5.02 Å². The average Bonchev–Trinajstić information content (AvgIpc) is 2.48. The van der Waals surface area contributed by atoms with Crippen molar-refractivity contribution >= 4 is 34.9 Å². The Bertz CT molecular complexity index is 661. The molecule has 0 spiro atoms. The highest BCUT2D eigenvalue weighted by molar-refractivity contribution is 7.98. The second-order valence-corrected chi connectivity index (χ2v) is 4.96. The third-order valence-electron chi connectivity index (χ3n) is 2.47. The first-order valence-corrected chi connectivity index (χ1v) is 7.37. The lowest BCUT2D eigenvalue weighted by atomic mass is 10.3. The average molecular weight is 327 g/mol. The predicted molar refractivity (Wildman–Crippen MR) is 81.5 cm³/mol. The van der Waals surface area contributed by atoms with Gasteiger partial charge in [-0.05, 0) is 12.3 Å². The second-order valence-electron chi connectivity index (χ2n) is 3.78. The van der Waals surface area contributed by atoms with E-state index in [9.17, 15) is 10.1 Å². The maximum absolute atomic E-state index is 11.0. The van der Waals surface area contributed by atoms with Gasteiger partial charge in [0.2, 0.25) is 11.6 Å². The molecule has 0 aliphatic rings. The number of aromatic nitrogens is 2. The normalized spacial score (nSPS) is 10.2. The van der Waals surface area contributed by atoms with Crippen LogP contribution in [0.4, 0.5) is 11.5 Å². The minimum absolute atomic E-state index is 0.0445. The monoisotopic (exact) mass is 326 g/mol. The molecule has 0 saturated heterocycles. The number of thioether (sulfide) groups is 1. The summed E-state index contributed by atoms with van der Waals surface area (Å²) < 4.78 is 5.51. The number of halogens is 1. The number of ether oxygens (including phenoxy) is 1. The summed E-state index contributed by atoms with van der Waals surface area (Å²) in [5.74, 6) is 0.672. The van der Waals surface area contributed by atoms with Crippen molar-refractivity contribution in [3.05, 3.63) is 39.4 Å². The van der Waals surface area contributed by atoms with Crippen LogP contribution in [0.25, 0.3) is 0 Å². The van der Waals surface area contributed by atoms with E-state index in [4.69, 9.17) is 16.3 Å². The zero-order chi connectivity index (χ0) is 15.4. The van der Waals surface area contributed by atoms with E-state index in [0.717, 1.165) is 0 Å². The quantitative estimate of drug-likeness (QED) is 0.388. The summed E-state index contributed by atoms with van der Waals surface area (Å²) >= 11 is 7.31. The maximum Gasteiger partial charge on any atom is 0.313 e. The van der Waals surface area contributed by atoms with Crippen molar-refractivity contribution in [1.82, 2.24) is 9.97 Å². The highest BCUT2D eigenvalue weighted by Crippen LogP contribution is 2.37. The van der Waals surface area contributed by atoms with Gasteiger partial charge in [0.25, 0.3) is 0 Å². The lowest BCUT2D eigenvalue weighted by molar-refractivity contribution is -0.385. The Morgan fingerprint density at radius 3 is 2.81 bits per heavy atom. The molecule has 0 aliphatic carbocycles. The van der Waals surface area contributed by atoms with Crippen LogP contribution in [0.1, 0.15) is 0 Å². The SMILES string of the molecule is CNc1cc(Oc2c(Cl)cccc2[N+](=O)[O-])nc(SC)n1. The molecule has 1 N–H and O–H groups in total. The number of hydrogen-bond acceptors (Lipinski definition) is 7. The molecule has 0 atom stereocenters. The number of nitro groups is 1. The third-order valence-corrected chi connectivity index (χ3v) is 3.32. The molecule has 7 nitrogen and oxygen atoms in total. The number of rotatable bonds is 5. The summed E-state index contributed by atoms with van der Waals surface area (Å²) in [5, 5.41) is 14.5. The van der Waals surface area contributed by atoms with Crippen molar-refractivity contribution < 1.29 is 9.66 Å². The van der Waals surface area contributed by atoms with Crippen molar-refractivity contribution in [1.29, 1.82) is 0 Å². The zero-order valence-electron chi connectivity index (χ0n) is 11.2. The van der Waals surface area contributed by atoms with E-state index >= 15 is 0 Å². The first kappa shape index (κ1) is 15.3. The summed E-state index contributed by atoms with van der Waals surface area (Å²) in [6.45, 7) is 0. The largest absolute Gasteiger partial charge is 0.430 e. The van der Waals surface area contributed by atoms with Gasteiger partial charge in [-0.3, -0.25) is 10.1 Å². The Morgan fingerprint density at radius 2 is 2.19 bits per heavy atom. The summed E-state index contributed by atoms with van der Waals surface area (Å²) in [7, 11) is 1.70. The number of para-hydroxylation sites is 1. The zero-order valence-corrected chi connectivity index (χ0v) is 12.7. The molecular weight excluding hydrogens is 316 g/mol. The standard InChI is InChI=1S/C12H11ClN4O3S/c1-14-9-6-10(16-12(15-9)21-2)20-11-7(13)4-3-5-8(11)17(18)19/h3-6H,1-2H3,(H,14,15,16). The number of anilines is 1. The van der Waals surface area contributed by atoms with Crippen molar-refractivity contribution in [2.75, 3.05) is 18.6 Å². The molecule has 21 heavy (non-hydrogen) atoms. The Morgan fingerprint density at radius 1 is 1.43 bits per heavy atom. The van der Waals surface area contributed by atoms with Crippen LogP contribution >= 0.6 is 23.4 Å². The fourth-order valence-corrected chi connectivity index (χ4v) is 2.10. The van der Waals surface area contributed by atoms with Gasteiger partial charge in [-0.25, -0.2) is 4.98 Å². The molecule has 0 fully saturated rings. The van der Waals surface area contributed by atoms with Gasteiger partial charge in [0, 0.05) is 19.2 Å². The van der Waals surface area contributed by atoms with E-state index in [-0.39, 0.29) is 22.3 Å². The van der Waals surface area contributed by atoms with E-state index < -0.39 is 4.92 Å². The van der Waals surface area contributed by atoms with E-state index in [1.54, 1.807) is 7.05 Å². The smallest absolute Gasteiger partial charge is 0.313 e. The Balaban J connectivity index is 2.45. The molecule has 0 amide bonds. The maximum atomic E-state index is 11.0. The molecule has 0 unspecified atom stereocenters. The highest BCUT2D eigenvalue weighted by atomic mass is 35.5. The Hall–Kier alpha value is -2.06. The summed E-state index contributed by atoms with van der Waals surface area (Å²) in [5.41, 5.74) is -0.224. The molecule has 0 radical (unpaired) electrons. The van der Waals surface area contributed by atoms with Gasteiger partial charge in [0.05, 0.1) is 9.95 Å². The lowest BCUT2D eigenvalue weighted by Gasteiger charge is -2.09. The van der Waals surface area contributed by atoms with Gasteiger partial charge >= 0.3 is 5.69 Å². The van der Waals surface area contributed by atoms with Gasteiger partial charge in [-0.2, -0.15) is 4.98 Å². The molecule has 2 rings (SSSR count). The van der Waals surface area contributed by atoms with E-state index in [1.807, 2.05) is 6.26 Å². The molecular formula is C12H11ClN4O3S. The number of hydrogen-bond donors (Lipinski definition) is 1. The van der Waals surface area contributed by atoms with Crippen molar-refractivity contribution in [3.8, 4) is 11.6 Å². The van der Waals surface area contributed by atoms with Crippen LogP contribution < -0.4 is 10.1 Å². The summed E-state index contributed by atoms with van der Waals surface area (Å²) in [6.07, 6.45) is 1.82. The molecule has 1 aromatic heterocycles. The fourth-order valence-electron chi connectivity index (χ4n) is 1.52. The number of nitrogens with zero attached hydrogens (tertiary/aromatic N) is 3. The number of nitro benzene ring substituents is 1. The van der Waals surface area contributed by atoms with Gasteiger partial charge < -0.3 is 10.1 Å². The Kier molecular flexibility index (Phi) is 4.81. The fraction of sp³-hybridized carbons (Fsp3) is 0.167. The topological polar surface area (TPSA) is 90.2 Å². The molecule has 0 saturated carbocycles. The third kappa shape index (κ3) is 3.53. The van der Waals surface area contributed by atoms with Crippen LogP contribution in [0, 0.1) is 10.1 Å². The van der Waals surface area contributed by atoms with Crippen molar-refractivity contribution in [3.63, 3.8) is 0 Å². The number of benzene rings is 1. The molecule has 9 heteroatoms. The summed E-state index contributed by atoms with van der Waals surface area (Å²) in [6, 6.07) is 5.85. The molecule has 0 aliphatic heterocycles. The van der Waals surface area contributed by atoms with Crippen LogP contribution in [-0.2, 0) is 0 Å². The Labute approximate surface area is 129 Å². The van der Waals surface area contributed by atoms with E-state index in [2.05, 4.69) is 15.3 Å². The first-order valence-electron chi connectivity index (χ1n) is 5.76.